The first kappa shape index (κ1) is 17.0. The molecule has 0 radical (unpaired) electrons. The first-order valence-electron chi connectivity index (χ1n) is 7.49. The number of hydrogen-bond donors (Lipinski definition) is 1. The Morgan fingerprint density at radius 3 is 2.25 bits per heavy atom. The first-order valence-corrected chi connectivity index (χ1v) is 9.31. The highest BCUT2D eigenvalue weighted by Gasteiger charge is 2.11. The number of rotatable bonds is 9. The Labute approximate surface area is 123 Å². The van der Waals surface area contributed by atoms with Crippen LogP contribution in [-0.2, 0) is 15.6 Å². The van der Waals surface area contributed by atoms with E-state index in [4.69, 9.17) is 0 Å². The Bertz CT molecular complexity index is 478. The van der Waals surface area contributed by atoms with Crippen molar-refractivity contribution >= 4 is 15.5 Å². The van der Waals surface area contributed by atoms with E-state index in [9.17, 15) is 8.42 Å². The summed E-state index contributed by atoms with van der Waals surface area (Å²) in [5, 5.41) is 3.29. The molecular formula is C16H27NO2S. The smallest absolute Gasteiger partial charge is 0.154 e. The summed E-state index contributed by atoms with van der Waals surface area (Å²) in [6.45, 7) is 6.28. The van der Waals surface area contributed by atoms with Crippen LogP contribution in [0, 0.1) is 0 Å². The van der Waals surface area contributed by atoms with E-state index in [2.05, 4.69) is 26.1 Å². The fraction of sp³-hybridized carbons (Fsp3) is 0.625. The second-order valence-electron chi connectivity index (χ2n) is 5.65. The predicted molar refractivity (Wildman–Crippen MR) is 86.8 cm³/mol. The predicted octanol–water partition coefficient (Wildman–Crippen LogP) is 4.00. The maximum absolute atomic E-state index is 12.0. The number of nitrogens with one attached hydrogen (secondary N) is 1. The van der Waals surface area contributed by atoms with Crippen molar-refractivity contribution in [3.8, 4) is 0 Å². The van der Waals surface area contributed by atoms with Gasteiger partial charge in [-0.05, 0) is 38.0 Å². The van der Waals surface area contributed by atoms with Gasteiger partial charge in [0.1, 0.15) is 0 Å². The molecule has 1 aromatic carbocycles. The summed E-state index contributed by atoms with van der Waals surface area (Å²) in [5.74, 6) is 0.458. The lowest BCUT2D eigenvalue weighted by molar-refractivity contribution is 0.588. The molecule has 0 aliphatic carbocycles. The topological polar surface area (TPSA) is 46.2 Å². The molecular weight excluding hydrogens is 270 g/mol. The quantitative estimate of drug-likeness (QED) is 0.701. The molecule has 0 amide bonds. The molecule has 3 nitrogen and oxygen atoms in total. The van der Waals surface area contributed by atoms with Crippen LogP contribution in [0.15, 0.2) is 24.3 Å². The molecule has 1 N–H and O–H groups in total. The van der Waals surface area contributed by atoms with Crippen molar-refractivity contribution in [1.82, 2.24) is 0 Å². The maximum Gasteiger partial charge on any atom is 0.154 e. The van der Waals surface area contributed by atoms with E-state index in [1.807, 2.05) is 24.3 Å². The lowest BCUT2D eigenvalue weighted by Gasteiger charge is -2.10. The molecule has 0 saturated heterocycles. The SMILES string of the molecule is CCCCCCS(=O)(=O)Cc1ccc(NC(C)C)cc1. The second-order valence-corrected chi connectivity index (χ2v) is 7.83. The van der Waals surface area contributed by atoms with Crippen molar-refractivity contribution in [3.05, 3.63) is 29.8 Å². The van der Waals surface area contributed by atoms with E-state index in [0.717, 1.165) is 36.9 Å². The summed E-state index contributed by atoms with van der Waals surface area (Å²) in [6, 6.07) is 8.06. The zero-order valence-corrected chi connectivity index (χ0v) is 13.7. The number of hydrogen-bond acceptors (Lipinski definition) is 3. The van der Waals surface area contributed by atoms with Gasteiger partial charge in [-0.2, -0.15) is 0 Å². The van der Waals surface area contributed by atoms with E-state index in [1.165, 1.54) is 0 Å². The highest BCUT2D eigenvalue weighted by atomic mass is 32.2. The van der Waals surface area contributed by atoms with Gasteiger partial charge in [0.25, 0.3) is 0 Å². The second kappa shape index (κ2) is 8.30. The summed E-state index contributed by atoms with van der Waals surface area (Å²) in [5.41, 5.74) is 1.90. The van der Waals surface area contributed by atoms with Gasteiger partial charge in [0.05, 0.1) is 11.5 Å². The molecule has 0 fully saturated rings. The molecule has 1 aromatic rings. The fourth-order valence-electron chi connectivity index (χ4n) is 2.11. The van der Waals surface area contributed by atoms with Crippen LogP contribution in [0.2, 0.25) is 0 Å². The summed E-state index contributed by atoms with van der Waals surface area (Å²) in [6.07, 6.45) is 4.03. The third kappa shape index (κ3) is 6.94. The molecule has 0 heterocycles. The molecule has 0 aliphatic heterocycles. The lowest BCUT2D eigenvalue weighted by atomic mass is 10.2. The summed E-state index contributed by atoms with van der Waals surface area (Å²) in [7, 11) is -2.97. The molecule has 20 heavy (non-hydrogen) atoms. The number of unbranched alkanes of at least 4 members (excludes halogenated alkanes) is 3. The van der Waals surface area contributed by atoms with E-state index >= 15 is 0 Å². The van der Waals surface area contributed by atoms with Crippen LogP contribution in [0.1, 0.15) is 52.0 Å². The van der Waals surface area contributed by atoms with Gasteiger partial charge in [-0.25, -0.2) is 8.42 Å². The minimum absolute atomic E-state index is 0.154. The zero-order valence-electron chi connectivity index (χ0n) is 12.9. The summed E-state index contributed by atoms with van der Waals surface area (Å²) < 4.78 is 24.0. The molecule has 0 bridgehead atoms. The van der Waals surface area contributed by atoms with Gasteiger partial charge in [0.2, 0.25) is 0 Å². The highest BCUT2D eigenvalue weighted by molar-refractivity contribution is 7.90. The molecule has 114 valence electrons. The van der Waals surface area contributed by atoms with Crippen LogP contribution < -0.4 is 5.32 Å². The Hall–Kier alpha value is -1.03. The van der Waals surface area contributed by atoms with Crippen molar-refractivity contribution in [3.63, 3.8) is 0 Å². The van der Waals surface area contributed by atoms with E-state index in [0.29, 0.717) is 11.8 Å². The van der Waals surface area contributed by atoms with Gasteiger partial charge in [0.15, 0.2) is 9.84 Å². The van der Waals surface area contributed by atoms with Crippen LogP contribution in [0.25, 0.3) is 0 Å². The van der Waals surface area contributed by atoms with Crippen molar-refractivity contribution in [2.45, 2.75) is 58.2 Å². The summed E-state index contributed by atoms with van der Waals surface area (Å²) in [4.78, 5) is 0. The zero-order chi connectivity index (χ0) is 15.0. The minimum atomic E-state index is -2.97. The third-order valence-electron chi connectivity index (χ3n) is 3.10. The molecule has 0 spiro atoms. The number of anilines is 1. The van der Waals surface area contributed by atoms with Crippen LogP contribution in [0.3, 0.4) is 0 Å². The van der Waals surface area contributed by atoms with E-state index < -0.39 is 9.84 Å². The Morgan fingerprint density at radius 1 is 1.05 bits per heavy atom. The van der Waals surface area contributed by atoms with Gasteiger partial charge in [-0.1, -0.05) is 38.3 Å². The normalized spacial score (nSPS) is 11.8. The number of sulfone groups is 1. The maximum atomic E-state index is 12.0. The molecule has 0 aliphatic rings. The molecule has 4 heteroatoms. The Balaban J connectivity index is 2.50. The summed E-state index contributed by atoms with van der Waals surface area (Å²) >= 11 is 0. The number of benzene rings is 1. The van der Waals surface area contributed by atoms with Gasteiger partial charge in [0, 0.05) is 11.7 Å². The fourth-order valence-corrected chi connectivity index (χ4v) is 3.59. The Kier molecular flexibility index (Phi) is 7.06. The minimum Gasteiger partial charge on any atom is -0.383 e. The van der Waals surface area contributed by atoms with Crippen molar-refractivity contribution < 1.29 is 8.42 Å². The molecule has 1 rings (SSSR count). The van der Waals surface area contributed by atoms with E-state index in [-0.39, 0.29) is 5.75 Å². The van der Waals surface area contributed by atoms with Gasteiger partial charge in [-0.3, -0.25) is 0 Å². The first-order chi connectivity index (χ1) is 9.43. The molecule has 0 atom stereocenters. The third-order valence-corrected chi connectivity index (χ3v) is 4.79. The highest BCUT2D eigenvalue weighted by Crippen LogP contribution is 2.14. The van der Waals surface area contributed by atoms with Crippen molar-refractivity contribution in [1.29, 1.82) is 0 Å². The molecule has 0 saturated carbocycles. The van der Waals surface area contributed by atoms with Crippen molar-refractivity contribution in [2.24, 2.45) is 0 Å². The molecule has 0 unspecified atom stereocenters. The monoisotopic (exact) mass is 297 g/mol. The Morgan fingerprint density at radius 2 is 1.70 bits per heavy atom. The molecule has 0 aromatic heterocycles. The van der Waals surface area contributed by atoms with Crippen LogP contribution >= 0.6 is 0 Å². The standard InChI is InChI=1S/C16H27NO2S/c1-4-5-6-7-12-20(18,19)13-15-8-10-16(11-9-15)17-14(2)3/h8-11,14,17H,4-7,12-13H2,1-3H3. The van der Waals surface area contributed by atoms with Gasteiger partial charge >= 0.3 is 0 Å². The average molecular weight is 297 g/mol. The van der Waals surface area contributed by atoms with Gasteiger partial charge < -0.3 is 5.32 Å². The van der Waals surface area contributed by atoms with Crippen molar-refractivity contribution in [2.75, 3.05) is 11.1 Å². The lowest BCUT2D eigenvalue weighted by Crippen LogP contribution is -2.11. The van der Waals surface area contributed by atoms with Crippen LogP contribution in [0.4, 0.5) is 5.69 Å². The largest absolute Gasteiger partial charge is 0.383 e. The average Bonchev–Trinajstić information content (AvgIpc) is 2.36. The van der Waals surface area contributed by atoms with Crippen LogP contribution in [0.5, 0.6) is 0 Å². The van der Waals surface area contributed by atoms with Crippen LogP contribution in [-0.4, -0.2) is 20.2 Å². The van der Waals surface area contributed by atoms with Gasteiger partial charge in [-0.15, -0.1) is 0 Å². The van der Waals surface area contributed by atoms with E-state index in [1.54, 1.807) is 0 Å².